The summed E-state index contributed by atoms with van der Waals surface area (Å²) in [6.45, 7) is 2.75. The zero-order valence-electron chi connectivity index (χ0n) is 11.1. The molecule has 96 valence electrons. The number of aromatic nitrogens is 1. The lowest BCUT2D eigenvalue weighted by molar-refractivity contribution is 0.507. The van der Waals surface area contributed by atoms with Crippen LogP contribution in [0.5, 0.6) is 0 Å². The summed E-state index contributed by atoms with van der Waals surface area (Å²) in [5.41, 5.74) is 3.14. The fourth-order valence-corrected chi connectivity index (χ4v) is 2.18. The van der Waals surface area contributed by atoms with Crippen LogP contribution in [0.15, 0.2) is 46.9 Å². The van der Waals surface area contributed by atoms with Gasteiger partial charge in [0.05, 0.1) is 12.1 Å². The van der Waals surface area contributed by atoms with Gasteiger partial charge in [-0.05, 0) is 50.4 Å². The van der Waals surface area contributed by atoms with Crippen molar-refractivity contribution in [3.05, 3.63) is 53.9 Å². The van der Waals surface area contributed by atoms with E-state index in [4.69, 9.17) is 4.42 Å². The van der Waals surface area contributed by atoms with Gasteiger partial charge in [0.2, 0.25) is 0 Å². The van der Waals surface area contributed by atoms with Crippen LogP contribution in [0.1, 0.15) is 11.5 Å². The van der Waals surface area contributed by atoms with Crippen LogP contribution in [0, 0.1) is 6.92 Å². The summed E-state index contributed by atoms with van der Waals surface area (Å²) in [6.07, 6.45) is 0. The topological polar surface area (TPSA) is 38.1 Å². The summed E-state index contributed by atoms with van der Waals surface area (Å²) in [4.78, 5) is 4.50. The van der Waals surface area contributed by atoms with Gasteiger partial charge >= 0.3 is 0 Å². The normalized spacial score (nSPS) is 11.1. The lowest BCUT2D eigenvalue weighted by Gasteiger charge is -2.02. The summed E-state index contributed by atoms with van der Waals surface area (Å²) in [7, 11) is 1.91. The molecule has 2 heterocycles. The number of hydrogen-bond donors (Lipinski definition) is 1. The Morgan fingerprint density at radius 1 is 1.11 bits per heavy atom. The maximum atomic E-state index is 5.80. The van der Waals surface area contributed by atoms with Gasteiger partial charge in [-0.2, -0.15) is 0 Å². The van der Waals surface area contributed by atoms with Gasteiger partial charge in [-0.3, -0.25) is 4.98 Å². The molecule has 0 aliphatic rings. The van der Waals surface area contributed by atoms with E-state index in [0.717, 1.165) is 40.2 Å². The van der Waals surface area contributed by atoms with Crippen molar-refractivity contribution in [1.29, 1.82) is 0 Å². The van der Waals surface area contributed by atoms with Crippen molar-refractivity contribution < 1.29 is 4.42 Å². The standard InChI is InChI=1S/C16H16N2O/c1-11-3-4-12-9-13(5-7-15(12)18-11)16-8-6-14(19-16)10-17-2/h3-9,17H,10H2,1-2H3. The van der Waals surface area contributed by atoms with E-state index in [9.17, 15) is 0 Å². The first kappa shape index (κ1) is 11.9. The number of nitrogens with one attached hydrogen (secondary N) is 1. The smallest absolute Gasteiger partial charge is 0.134 e. The molecule has 3 aromatic rings. The predicted molar refractivity (Wildman–Crippen MR) is 76.9 cm³/mol. The first-order valence-electron chi connectivity index (χ1n) is 6.37. The minimum atomic E-state index is 0.744. The summed E-state index contributed by atoms with van der Waals surface area (Å²) in [5, 5.41) is 4.21. The second-order valence-corrected chi connectivity index (χ2v) is 4.66. The molecule has 2 aromatic heterocycles. The van der Waals surface area contributed by atoms with Gasteiger partial charge in [-0.25, -0.2) is 0 Å². The third kappa shape index (κ3) is 2.37. The number of benzene rings is 1. The quantitative estimate of drug-likeness (QED) is 0.775. The SMILES string of the molecule is CNCc1ccc(-c2ccc3nc(C)ccc3c2)o1. The fraction of sp³-hybridized carbons (Fsp3) is 0.188. The van der Waals surface area contributed by atoms with E-state index in [0.29, 0.717) is 0 Å². The van der Waals surface area contributed by atoms with Crippen LogP contribution in [-0.4, -0.2) is 12.0 Å². The molecule has 0 amide bonds. The Morgan fingerprint density at radius 3 is 2.84 bits per heavy atom. The van der Waals surface area contributed by atoms with Gasteiger partial charge in [-0.1, -0.05) is 6.07 Å². The van der Waals surface area contributed by atoms with Crippen molar-refractivity contribution in [2.24, 2.45) is 0 Å². The number of hydrogen-bond acceptors (Lipinski definition) is 3. The van der Waals surface area contributed by atoms with Crippen LogP contribution in [0.25, 0.3) is 22.2 Å². The molecule has 0 unspecified atom stereocenters. The molecule has 0 bridgehead atoms. The number of aryl methyl sites for hydroxylation is 1. The zero-order valence-corrected chi connectivity index (χ0v) is 11.1. The molecule has 3 nitrogen and oxygen atoms in total. The second kappa shape index (κ2) is 4.86. The summed E-state index contributed by atoms with van der Waals surface area (Å²) < 4.78 is 5.80. The molecule has 0 fully saturated rings. The van der Waals surface area contributed by atoms with Crippen molar-refractivity contribution >= 4 is 10.9 Å². The largest absolute Gasteiger partial charge is 0.460 e. The van der Waals surface area contributed by atoms with E-state index < -0.39 is 0 Å². The van der Waals surface area contributed by atoms with Gasteiger partial charge in [0.15, 0.2) is 0 Å². The Hall–Kier alpha value is -2.13. The lowest BCUT2D eigenvalue weighted by atomic mass is 10.1. The van der Waals surface area contributed by atoms with Gasteiger partial charge in [-0.15, -0.1) is 0 Å². The summed E-state index contributed by atoms with van der Waals surface area (Å²) >= 11 is 0. The van der Waals surface area contributed by atoms with Gasteiger partial charge in [0.1, 0.15) is 11.5 Å². The molecule has 0 atom stereocenters. The van der Waals surface area contributed by atoms with E-state index in [1.807, 2.05) is 38.2 Å². The van der Waals surface area contributed by atoms with Crippen LogP contribution in [0.3, 0.4) is 0 Å². The van der Waals surface area contributed by atoms with Crippen LogP contribution < -0.4 is 5.32 Å². The van der Waals surface area contributed by atoms with Crippen molar-refractivity contribution in [1.82, 2.24) is 10.3 Å². The van der Waals surface area contributed by atoms with Crippen molar-refractivity contribution in [3.8, 4) is 11.3 Å². The van der Waals surface area contributed by atoms with E-state index in [2.05, 4.69) is 28.5 Å². The zero-order chi connectivity index (χ0) is 13.2. The molecule has 0 aliphatic carbocycles. The third-order valence-corrected chi connectivity index (χ3v) is 3.13. The fourth-order valence-electron chi connectivity index (χ4n) is 2.18. The van der Waals surface area contributed by atoms with Gasteiger partial charge in [0.25, 0.3) is 0 Å². The highest BCUT2D eigenvalue weighted by molar-refractivity contribution is 5.83. The molecular formula is C16H16N2O. The summed E-state index contributed by atoms with van der Waals surface area (Å²) in [6, 6.07) is 14.3. The highest BCUT2D eigenvalue weighted by Gasteiger charge is 2.05. The van der Waals surface area contributed by atoms with Crippen molar-refractivity contribution in [2.45, 2.75) is 13.5 Å². The molecule has 0 radical (unpaired) electrons. The average Bonchev–Trinajstić information content (AvgIpc) is 2.87. The number of nitrogens with zero attached hydrogens (tertiary/aromatic N) is 1. The van der Waals surface area contributed by atoms with E-state index in [-0.39, 0.29) is 0 Å². The first-order chi connectivity index (χ1) is 9.26. The molecule has 3 heteroatoms. The van der Waals surface area contributed by atoms with Crippen LogP contribution in [0.2, 0.25) is 0 Å². The Balaban J connectivity index is 2.02. The number of pyridine rings is 1. The molecule has 0 saturated carbocycles. The molecule has 0 saturated heterocycles. The van der Waals surface area contributed by atoms with Gasteiger partial charge in [0, 0.05) is 16.6 Å². The molecule has 3 rings (SSSR count). The highest BCUT2D eigenvalue weighted by atomic mass is 16.3. The second-order valence-electron chi connectivity index (χ2n) is 4.66. The predicted octanol–water partition coefficient (Wildman–Crippen LogP) is 3.52. The minimum absolute atomic E-state index is 0.744. The Morgan fingerprint density at radius 2 is 2.00 bits per heavy atom. The Kier molecular flexibility index (Phi) is 3.05. The van der Waals surface area contributed by atoms with E-state index >= 15 is 0 Å². The molecular weight excluding hydrogens is 236 g/mol. The average molecular weight is 252 g/mol. The minimum Gasteiger partial charge on any atom is -0.460 e. The van der Waals surface area contributed by atoms with Crippen molar-refractivity contribution in [3.63, 3.8) is 0 Å². The summed E-state index contributed by atoms with van der Waals surface area (Å²) in [5.74, 6) is 1.84. The van der Waals surface area contributed by atoms with Crippen LogP contribution in [0.4, 0.5) is 0 Å². The molecule has 1 aromatic carbocycles. The molecule has 0 aliphatic heterocycles. The molecule has 19 heavy (non-hydrogen) atoms. The third-order valence-electron chi connectivity index (χ3n) is 3.13. The van der Waals surface area contributed by atoms with Gasteiger partial charge < -0.3 is 9.73 Å². The molecule has 1 N–H and O–H groups in total. The number of rotatable bonds is 3. The highest BCUT2D eigenvalue weighted by Crippen LogP contribution is 2.25. The van der Waals surface area contributed by atoms with Crippen LogP contribution in [-0.2, 0) is 6.54 Å². The van der Waals surface area contributed by atoms with Crippen LogP contribution >= 0.6 is 0 Å². The number of fused-ring (bicyclic) bond motifs is 1. The maximum Gasteiger partial charge on any atom is 0.134 e. The Bertz CT molecular complexity index is 716. The first-order valence-corrected chi connectivity index (χ1v) is 6.37. The molecule has 0 spiro atoms. The van der Waals surface area contributed by atoms with E-state index in [1.165, 1.54) is 0 Å². The maximum absolute atomic E-state index is 5.80. The Labute approximate surface area is 112 Å². The van der Waals surface area contributed by atoms with E-state index in [1.54, 1.807) is 0 Å². The number of furan rings is 1. The van der Waals surface area contributed by atoms with Crippen molar-refractivity contribution in [2.75, 3.05) is 7.05 Å². The monoisotopic (exact) mass is 252 g/mol. The lowest BCUT2D eigenvalue weighted by Crippen LogP contribution is -2.03.